The van der Waals surface area contributed by atoms with Gasteiger partial charge in [-0.25, -0.2) is 19.6 Å². The van der Waals surface area contributed by atoms with Crippen LogP contribution in [0.4, 0.5) is 10.6 Å². The van der Waals surface area contributed by atoms with Crippen molar-refractivity contribution in [1.29, 1.82) is 0 Å². The molecule has 0 aliphatic rings. The number of anilines is 1. The van der Waals surface area contributed by atoms with Crippen LogP contribution in [0.1, 0.15) is 36.8 Å². The lowest BCUT2D eigenvalue weighted by Crippen LogP contribution is -2.27. The second kappa shape index (κ2) is 10.7. The standard InChI is InChI=1S/C31H30N4O5/c1-31(2,3)40-30(37)34-24-17-19(14-16-32-24)18-35-23-13-12-20-9-6-7-10-21(20)25(23)26(27(35)29(36)39-5)22-11-8-15-33-28(22)38-4/h6-17H,18H2,1-5H3,(H,32,34,37). The van der Waals surface area contributed by atoms with E-state index in [1.807, 2.05) is 59.2 Å². The van der Waals surface area contributed by atoms with E-state index in [1.54, 1.807) is 46.3 Å². The molecule has 5 rings (SSSR count). The highest BCUT2D eigenvalue weighted by Gasteiger charge is 2.28. The summed E-state index contributed by atoms with van der Waals surface area (Å²) in [5.74, 6) is 0.233. The van der Waals surface area contributed by atoms with Crippen molar-refractivity contribution >= 4 is 39.6 Å². The number of carbonyl (C=O) groups excluding carboxylic acids is 2. The van der Waals surface area contributed by atoms with Crippen LogP contribution in [0, 0.1) is 0 Å². The number of pyridine rings is 2. The zero-order valence-corrected chi connectivity index (χ0v) is 23.0. The van der Waals surface area contributed by atoms with Gasteiger partial charge in [0.2, 0.25) is 5.88 Å². The number of nitrogens with one attached hydrogen (secondary N) is 1. The number of hydrogen-bond acceptors (Lipinski definition) is 7. The van der Waals surface area contributed by atoms with Crippen LogP contribution in [0.2, 0.25) is 0 Å². The molecule has 0 saturated carbocycles. The normalized spacial score (nSPS) is 11.4. The minimum atomic E-state index is -0.645. The number of methoxy groups -OCH3 is 2. The molecule has 3 aromatic heterocycles. The molecule has 0 aliphatic carbocycles. The van der Waals surface area contributed by atoms with Crippen molar-refractivity contribution < 1.29 is 23.8 Å². The molecule has 9 heteroatoms. The predicted octanol–water partition coefficient (Wildman–Crippen LogP) is 6.44. The Morgan fingerprint density at radius 2 is 1.75 bits per heavy atom. The SMILES string of the molecule is COC(=O)c1c(-c2cccnc2OC)c2c3ccccc3ccc2n1Cc1ccnc(NC(=O)OC(C)(C)C)c1. The molecule has 0 radical (unpaired) electrons. The summed E-state index contributed by atoms with van der Waals surface area (Å²) in [6.45, 7) is 5.68. The summed E-state index contributed by atoms with van der Waals surface area (Å²) >= 11 is 0. The second-order valence-electron chi connectivity index (χ2n) is 10.2. The second-order valence-corrected chi connectivity index (χ2v) is 10.2. The van der Waals surface area contributed by atoms with E-state index >= 15 is 0 Å². The van der Waals surface area contributed by atoms with Crippen molar-refractivity contribution in [2.45, 2.75) is 32.9 Å². The Morgan fingerprint density at radius 3 is 2.50 bits per heavy atom. The van der Waals surface area contributed by atoms with Gasteiger partial charge in [-0.15, -0.1) is 0 Å². The average molecular weight is 539 g/mol. The maximum atomic E-state index is 13.5. The summed E-state index contributed by atoms with van der Waals surface area (Å²) in [6.07, 6.45) is 2.65. The van der Waals surface area contributed by atoms with Crippen LogP contribution in [-0.2, 0) is 16.0 Å². The summed E-state index contributed by atoms with van der Waals surface area (Å²) in [5.41, 5.74) is 2.70. The fraction of sp³-hybridized carbons (Fsp3) is 0.226. The average Bonchev–Trinajstić information content (AvgIpc) is 3.25. The Morgan fingerprint density at radius 1 is 0.950 bits per heavy atom. The van der Waals surface area contributed by atoms with Gasteiger partial charge in [0.25, 0.3) is 0 Å². The number of benzene rings is 2. The molecule has 3 heterocycles. The van der Waals surface area contributed by atoms with Crippen LogP contribution in [-0.4, -0.2) is 46.4 Å². The molecule has 2 aromatic carbocycles. The first-order valence-corrected chi connectivity index (χ1v) is 12.8. The van der Waals surface area contributed by atoms with Crippen LogP contribution in [0.25, 0.3) is 32.8 Å². The zero-order valence-electron chi connectivity index (χ0n) is 23.0. The molecule has 0 fully saturated rings. The molecule has 204 valence electrons. The summed E-state index contributed by atoms with van der Waals surface area (Å²) in [5, 5.41) is 5.57. The van der Waals surface area contributed by atoms with E-state index in [9.17, 15) is 9.59 Å². The molecule has 0 unspecified atom stereocenters. The molecule has 0 saturated heterocycles. The molecule has 5 aromatic rings. The van der Waals surface area contributed by atoms with E-state index in [4.69, 9.17) is 14.2 Å². The number of carbonyl (C=O) groups is 2. The molecule has 1 amide bonds. The zero-order chi connectivity index (χ0) is 28.4. The summed E-state index contributed by atoms with van der Waals surface area (Å²) < 4.78 is 18.2. The molecule has 0 aliphatic heterocycles. The van der Waals surface area contributed by atoms with Crippen LogP contribution >= 0.6 is 0 Å². The molecule has 0 spiro atoms. The summed E-state index contributed by atoms with van der Waals surface area (Å²) in [7, 11) is 2.92. The van der Waals surface area contributed by atoms with Crippen LogP contribution in [0.5, 0.6) is 5.88 Å². The monoisotopic (exact) mass is 538 g/mol. The molecule has 9 nitrogen and oxygen atoms in total. The van der Waals surface area contributed by atoms with E-state index < -0.39 is 17.7 Å². The maximum Gasteiger partial charge on any atom is 0.413 e. The van der Waals surface area contributed by atoms with Crippen LogP contribution in [0.3, 0.4) is 0 Å². The van der Waals surface area contributed by atoms with Gasteiger partial charge in [-0.2, -0.15) is 0 Å². The van der Waals surface area contributed by atoms with Crippen molar-refractivity contribution in [3.8, 4) is 17.0 Å². The molecule has 40 heavy (non-hydrogen) atoms. The lowest BCUT2D eigenvalue weighted by molar-refractivity contribution is 0.0588. The third-order valence-electron chi connectivity index (χ3n) is 6.36. The smallest absolute Gasteiger partial charge is 0.413 e. The Hall–Kier alpha value is -4.92. The van der Waals surface area contributed by atoms with Gasteiger partial charge in [0.1, 0.15) is 17.1 Å². The largest absolute Gasteiger partial charge is 0.481 e. The van der Waals surface area contributed by atoms with Gasteiger partial charge in [0.05, 0.1) is 19.7 Å². The summed E-state index contributed by atoms with van der Waals surface area (Å²) in [6, 6.07) is 19.3. The van der Waals surface area contributed by atoms with E-state index in [2.05, 4.69) is 15.3 Å². The van der Waals surface area contributed by atoms with E-state index in [0.29, 0.717) is 35.1 Å². The number of aromatic nitrogens is 3. The minimum absolute atomic E-state index is 0.299. The Balaban J connectivity index is 1.72. The van der Waals surface area contributed by atoms with Crippen LogP contribution < -0.4 is 10.1 Å². The molecule has 0 atom stereocenters. The molecule has 1 N–H and O–H groups in total. The third-order valence-corrected chi connectivity index (χ3v) is 6.36. The highest BCUT2D eigenvalue weighted by Crippen LogP contribution is 2.42. The number of nitrogens with zero attached hydrogens (tertiary/aromatic N) is 3. The van der Waals surface area contributed by atoms with Crippen LogP contribution in [0.15, 0.2) is 73.1 Å². The van der Waals surface area contributed by atoms with Gasteiger partial charge < -0.3 is 18.8 Å². The lowest BCUT2D eigenvalue weighted by Gasteiger charge is -2.19. The third kappa shape index (κ3) is 5.18. The fourth-order valence-electron chi connectivity index (χ4n) is 4.83. The minimum Gasteiger partial charge on any atom is -0.481 e. The summed E-state index contributed by atoms with van der Waals surface area (Å²) in [4.78, 5) is 34.5. The molecule has 0 bridgehead atoms. The topological polar surface area (TPSA) is 105 Å². The Labute approximate surface area is 231 Å². The van der Waals surface area contributed by atoms with Crippen molar-refractivity contribution in [2.75, 3.05) is 19.5 Å². The van der Waals surface area contributed by atoms with Gasteiger partial charge in [0, 0.05) is 35.5 Å². The van der Waals surface area contributed by atoms with Gasteiger partial charge in [-0.3, -0.25) is 5.32 Å². The number of amides is 1. The van der Waals surface area contributed by atoms with Gasteiger partial charge >= 0.3 is 12.1 Å². The van der Waals surface area contributed by atoms with E-state index in [1.165, 1.54) is 7.11 Å². The fourth-order valence-corrected chi connectivity index (χ4v) is 4.83. The first-order chi connectivity index (χ1) is 19.2. The maximum absolute atomic E-state index is 13.5. The van der Waals surface area contributed by atoms with E-state index in [0.717, 1.165) is 27.2 Å². The number of fused-ring (bicyclic) bond motifs is 3. The van der Waals surface area contributed by atoms with Gasteiger partial charge in [-0.05, 0) is 67.4 Å². The van der Waals surface area contributed by atoms with E-state index in [-0.39, 0.29) is 0 Å². The predicted molar refractivity (Wildman–Crippen MR) is 154 cm³/mol. The molecular weight excluding hydrogens is 508 g/mol. The van der Waals surface area contributed by atoms with Crippen molar-refractivity contribution in [3.05, 3.63) is 84.3 Å². The highest BCUT2D eigenvalue weighted by atomic mass is 16.6. The number of rotatable bonds is 6. The number of hydrogen-bond donors (Lipinski definition) is 1. The highest BCUT2D eigenvalue weighted by molar-refractivity contribution is 6.19. The van der Waals surface area contributed by atoms with Gasteiger partial charge in [-0.1, -0.05) is 30.3 Å². The Kier molecular flexibility index (Phi) is 7.13. The van der Waals surface area contributed by atoms with Gasteiger partial charge in [0.15, 0.2) is 0 Å². The molecular formula is C31H30N4O5. The Bertz CT molecular complexity index is 1740. The first-order valence-electron chi connectivity index (χ1n) is 12.8. The number of esters is 1. The van der Waals surface area contributed by atoms with Crippen molar-refractivity contribution in [3.63, 3.8) is 0 Å². The first kappa shape index (κ1) is 26.7. The van der Waals surface area contributed by atoms with Crippen molar-refractivity contribution in [1.82, 2.24) is 14.5 Å². The quantitative estimate of drug-likeness (QED) is 0.248. The number of ether oxygens (including phenoxy) is 3. The lowest BCUT2D eigenvalue weighted by atomic mass is 9.98. The van der Waals surface area contributed by atoms with Crippen molar-refractivity contribution in [2.24, 2.45) is 0 Å².